The average molecular weight is 306 g/mol. The third kappa shape index (κ3) is 4.13. The molecule has 21 heavy (non-hydrogen) atoms. The predicted molar refractivity (Wildman–Crippen MR) is 86.3 cm³/mol. The highest BCUT2D eigenvalue weighted by Gasteiger charge is 2.08. The SMILES string of the molecule is CNCc1cc(C)ccc1OCc1cc(Cl)ccc1OC. The number of nitrogens with one attached hydrogen (secondary N) is 1. The van der Waals surface area contributed by atoms with E-state index >= 15 is 0 Å². The van der Waals surface area contributed by atoms with Crippen LogP contribution in [0.5, 0.6) is 11.5 Å². The Morgan fingerprint density at radius 1 is 1.05 bits per heavy atom. The molecule has 0 bridgehead atoms. The highest BCUT2D eigenvalue weighted by atomic mass is 35.5. The quantitative estimate of drug-likeness (QED) is 0.876. The van der Waals surface area contributed by atoms with Crippen LogP contribution in [0.4, 0.5) is 0 Å². The summed E-state index contributed by atoms with van der Waals surface area (Å²) in [6.45, 7) is 3.26. The van der Waals surface area contributed by atoms with Gasteiger partial charge < -0.3 is 14.8 Å². The number of methoxy groups -OCH3 is 1. The summed E-state index contributed by atoms with van der Waals surface area (Å²) < 4.78 is 11.3. The van der Waals surface area contributed by atoms with Crippen LogP contribution in [0.2, 0.25) is 5.02 Å². The number of ether oxygens (including phenoxy) is 2. The summed E-state index contributed by atoms with van der Waals surface area (Å²) >= 11 is 6.04. The van der Waals surface area contributed by atoms with Crippen molar-refractivity contribution in [2.75, 3.05) is 14.2 Å². The van der Waals surface area contributed by atoms with Crippen molar-refractivity contribution in [3.05, 3.63) is 58.1 Å². The molecule has 0 radical (unpaired) electrons. The Labute approximate surface area is 130 Å². The second-order valence-electron chi connectivity index (χ2n) is 4.89. The summed E-state index contributed by atoms with van der Waals surface area (Å²) in [6, 6.07) is 11.7. The molecule has 1 N–H and O–H groups in total. The first-order valence-electron chi connectivity index (χ1n) is 6.83. The molecule has 0 amide bonds. The first-order chi connectivity index (χ1) is 10.1. The number of benzene rings is 2. The zero-order valence-corrected chi connectivity index (χ0v) is 13.3. The first-order valence-corrected chi connectivity index (χ1v) is 7.21. The van der Waals surface area contributed by atoms with Crippen LogP contribution < -0.4 is 14.8 Å². The van der Waals surface area contributed by atoms with E-state index in [1.54, 1.807) is 7.11 Å². The number of rotatable bonds is 6. The van der Waals surface area contributed by atoms with Crippen molar-refractivity contribution >= 4 is 11.6 Å². The van der Waals surface area contributed by atoms with E-state index in [-0.39, 0.29) is 0 Å². The Morgan fingerprint density at radius 2 is 1.81 bits per heavy atom. The molecule has 0 aromatic heterocycles. The Kier molecular flexibility index (Phi) is 5.48. The molecule has 3 nitrogen and oxygen atoms in total. The van der Waals surface area contributed by atoms with Gasteiger partial charge in [-0.05, 0) is 38.2 Å². The zero-order valence-electron chi connectivity index (χ0n) is 12.6. The van der Waals surface area contributed by atoms with Crippen molar-refractivity contribution in [1.82, 2.24) is 5.32 Å². The fraction of sp³-hybridized carbons (Fsp3) is 0.294. The maximum absolute atomic E-state index is 6.04. The van der Waals surface area contributed by atoms with Gasteiger partial charge in [0.25, 0.3) is 0 Å². The molecule has 0 atom stereocenters. The van der Waals surface area contributed by atoms with Crippen LogP contribution in [-0.2, 0) is 13.2 Å². The normalized spacial score (nSPS) is 10.5. The van der Waals surface area contributed by atoms with Crippen LogP contribution >= 0.6 is 11.6 Å². The molecule has 0 saturated carbocycles. The van der Waals surface area contributed by atoms with Crippen molar-refractivity contribution in [2.24, 2.45) is 0 Å². The van der Waals surface area contributed by atoms with Crippen molar-refractivity contribution in [1.29, 1.82) is 0 Å². The van der Waals surface area contributed by atoms with Crippen molar-refractivity contribution < 1.29 is 9.47 Å². The minimum atomic E-state index is 0.420. The molecule has 0 aliphatic rings. The lowest BCUT2D eigenvalue weighted by molar-refractivity contribution is 0.293. The highest BCUT2D eigenvalue weighted by Crippen LogP contribution is 2.26. The molecular formula is C17H20ClNO2. The molecule has 112 valence electrons. The van der Waals surface area contributed by atoms with Gasteiger partial charge in [-0.2, -0.15) is 0 Å². The van der Waals surface area contributed by atoms with E-state index in [1.165, 1.54) is 5.56 Å². The van der Waals surface area contributed by atoms with Crippen molar-refractivity contribution in [3.63, 3.8) is 0 Å². The van der Waals surface area contributed by atoms with Gasteiger partial charge >= 0.3 is 0 Å². The minimum absolute atomic E-state index is 0.420. The molecule has 0 saturated heterocycles. The van der Waals surface area contributed by atoms with E-state index in [2.05, 4.69) is 18.3 Å². The molecule has 0 unspecified atom stereocenters. The zero-order chi connectivity index (χ0) is 15.2. The van der Waals surface area contributed by atoms with E-state index in [1.807, 2.05) is 37.4 Å². The standard InChI is InChI=1S/C17H20ClNO2/c1-12-4-6-17(13(8-12)10-19-2)21-11-14-9-15(18)5-7-16(14)20-3/h4-9,19H,10-11H2,1-3H3. The molecule has 2 aromatic rings. The van der Waals surface area contributed by atoms with Gasteiger partial charge in [0.15, 0.2) is 0 Å². The summed E-state index contributed by atoms with van der Waals surface area (Å²) in [5.41, 5.74) is 3.28. The molecule has 0 fully saturated rings. The van der Waals surface area contributed by atoms with Gasteiger partial charge in [0.2, 0.25) is 0 Å². The van der Waals surface area contributed by atoms with Gasteiger partial charge in [0.05, 0.1) is 7.11 Å². The van der Waals surface area contributed by atoms with E-state index in [0.29, 0.717) is 11.6 Å². The fourth-order valence-corrected chi connectivity index (χ4v) is 2.39. The van der Waals surface area contributed by atoms with Crippen LogP contribution in [-0.4, -0.2) is 14.2 Å². The van der Waals surface area contributed by atoms with Gasteiger partial charge in [-0.1, -0.05) is 29.3 Å². The largest absolute Gasteiger partial charge is 0.496 e. The van der Waals surface area contributed by atoms with Gasteiger partial charge in [-0.25, -0.2) is 0 Å². The summed E-state index contributed by atoms with van der Waals surface area (Å²) in [6.07, 6.45) is 0. The number of aryl methyl sites for hydroxylation is 1. The fourth-order valence-electron chi connectivity index (χ4n) is 2.19. The molecule has 4 heteroatoms. The summed E-state index contributed by atoms with van der Waals surface area (Å²) in [7, 11) is 3.57. The molecule has 0 aliphatic carbocycles. The Bertz CT molecular complexity index is 614. The van der Waals surface area contributed by atoms with Crippen LogP contribution in [0.15, 0.2) is 36.4 Å². The van der Waals surface area contributed by atoms with Gasteiger partial charge in [-0.15, -0.1) is 0 Å². The van der Waals surface area contributed by atoms with Crippen LogP contribution in [0.3, 0.4) is 0 Å². The molecular weight excluding hydrogens is 286 g/mol. The van der Waals surface area contributed by atoms with Crippen LogP contribution in [0, 0.1) is 6.92 Å². The smallest absolute Gasteiger partial charge is 0.125 e. The average Bonchev–Trinajstić information content (AvgIpc) is 2.47. The Morgan fingerprint density at radius 3 is 2.52 bits per heavy atom. The lowest BCUT2D eigenvalue weighted by atomic mass is 10.1. The molecule has 0 heterocycles. The predicted octanol–water partition coefficient (Wildman–Crippen LogP) is 3.96. The van der Waals surface area contributed by atoms with Gasteiger partial charge in [-0.3, -0.25) is 0 Å². The molecule has 0 aliphatic heterocycles. The lowest BCUT2D eigenvalue weighted by Gasteiger charge is -2.14. The van der Waals surface area contributed by atoms with Crippen molar-refractivity contribution in [2.45, 2.75) is 20.1 Å². The highest BCUT2D eigenvalue weighted by molar-refractivity contribution is 6.30. The number of hydrogen-bond acceptors (Lipinski definition) is 3. The summed E-state index contributed by atoms with van der Waals surface area (Å²) in [4.78, 5) is 0. The third-order valence-electron chi connectivity index (χ3n) is 3.21. The molecule has 0 spiro atoms. The van der Waals surface area contributed by atoms with Crippen molar-refractivity contribution in [3.8, 4) is 11.5 Å². The van der Waals surface area contributed by atoms with E-state index in [9.17, 15) is 0 Å². The van der Waals surface area contributed by atoms with Crippen LogP contribution in [0.25, 0.3) is 0 Å². The minimum Gasteiger partial charge on any atom is -0.496 e. The summed E-state index contributed by atoms with van der Waals surface area (Å²) in [5, 5.41) is 3.83. The first kappa shape index (κ1) is 15.7. The third-order valence-corrected chi connectivity index (χ3v) is 3.44. The number of hydrogen-bond donors (Lipinski definition) is 1. The van der Waals surface area contributed by atoms with Gasteiger partial charge in [0.1, 0.15) is 18.1 Å². The number of halogens is 1. The molecule has 2 aromatic carbocycles. The summed E-state index contributed by atoms with van der Waals surface area (Å²) in [5.74, 6) is 1.65. The topological polar surface area (TPSA) is 30.5 Å². The Balaban J connectivity index is 2.18. The van der Waals surface area contributed by atoms with E-state index in [4.69, 9.17) is 21.1 Å². The second-order valence-corrected chi connectivity index (χ2v) is 5.32. The second kappa shape index (κ2) is 7.34. The van der Waals surface area contributed by atoms with E-state index < -0.39 is 0 Å². The molecule has 2 rings (SSSR count). The Hall–Kier alpha value is -1.71. The maximum atomic E-state index is 6.04. The van der Waals surface area contributed by atoms with E-state index in [0.717, 1.165) is 29.2 Å². The van der Waals surface area contributed by atoms with Gasteiger partial charge in [0, 0.05) is 22.7 Å². The van der Waals surface area contributed by atoms with Crippen LogP contribution in [0.1, 0.15) is 16.7 Å². The maximum Gasteiger partial charge on any atom is 0.125 e. The lowest BCUT2D eigenvalue weighted by Crippen LogP contribution is -2.08. The monoisotopic (exact) mass is 305 g/mol.